The van der Waals surface area contributed by atoms with Crippen molar-refractivity contribution in [3.8, 4) is 5.75 Å². The molecule has 0 fully saturated rings. The van der Waals surface area contributed by atoms with Crippen LogP contribution in [0.5, 0.6) is 5.75 Å². The van der Waals surface area contributed by atoms with Gasteiger partial charge in [0.2, 0.25) is 0 Å². The number of ether oxygens (including phenoxy) is 1. The molecule has 96 valence electrons. The minimum Gasteiger partial charge on any atom is -0.496 e. The number of hydrogen-bond acceptors (Lipinski definition) is 1. The van der Waals surface area contributed by atoms with Crippen molar-refractivity contribution in [2.75, 3.05) is 7.11 Å². The van der Waals surface area contributed by atoms with Gasteiger partial charge in [0.1, 0.15) is 5.75 Å². The zero-order valence-electron chi connectivity index (χ0n) is 12.1. The number of benzene rings is 1. The summed E-state index contributed by atoms with van der Waals surface area (Å²) in [6.07, 6.45) is 5.61. The first-order chi connectivity index (χ1) is 8.35. The monoisotopic (exact) mass is 242 g/mol. The highest BCUT2D eigenvalue weighted by atomic mass is 16.5. The predicted molar refractivity (Wildman–Crippen MR) is 79.0 cm³/mol. The number of allylic oxidation sites excluding steroid dienone is 2. The van der Waals surface area contributed by atoms with E-state index in [0.717, 1.165) is 23.3 Å². The third-order valence-corrected chi connectivity index (χ3v) is 3.67. The first kappa shape index (κ1) is 12.9. The Morgan fingerprint density at radius 2 is 2.06 bits per heavy atom. The Bertz CT molecular complexity index is 533. The van der Waals surface area contributed by atoms with Crippen molar-refractivity contribution >= 4 is 11.6 Å². The smallest absolute Gasteiger partial charge is 0.126 e. The third kappa shape index (κ3) is 2.10. The van der Waals surface area contributed by atoms with Crippen molar-refractivity contribution in [2.24, 2.45) is 5.41 Å². The van der Waals surface area contributed by atoms with Gasteiger partial charge >= 0.3 is 0 Å². The number of fused-ring (bicyclic) bond motifs is 1. The Hall–Kier alpha value is -1.50. The van der Waals surface area contributed by atoms with Crippen molar-refractivity contribution in [1.82, 2.24) is 0 Å². The van der Waals surface area contributed by atoms with E-state index in [-0.39, 0.29) is 5.41 Å². The van der Waals surface area contributed by atoms with Gasteiger partial charge in [0, 0.05) is 5.56 Å². The fourth-order valence-corrected chi connectivity index (χ4v) is 2.80. The van der Waals surface area contributed by atoms with Gasteiger partial charge in [0.05, 0.1) is 7.11 Å². The quantitative estimate of drug-likeness (QED) is 0.734. The second-order valence-electron chi connectivity index (χ2n) is 5.93. The van der Waals surface area contributed by atoms with E-state index in [0.29, 0.717) is 0 Å². The van der Waals surface area contributed by atoms with E-state index in [4.69, 9.17) is 4.74 Å². The topological polar surface area (TPSA) is 9.23 Å². The fourth-order valence-electron chi connectivity index (χ4n) is 2.80. The molecule has 1 aliphatic rings. The molecule has 18 heavy (non-hydrogen) atoms. The summed E-state index contributed by atoms with van der Waals surface area (Å²) in [5, 5.41) is 0. The van der Waals surface area contributed by atoms with Crippen LogP contribution < -0.4 is 4.74 Å². The number of methoxy groups -OCH3 is 1. The van der Waals surface area contributed by atoms with Gasteiger partial charge in [-0.25, -0.2) is 0 Å². The van der Waals surface area contributed by atoms with E-state index >= 15 is 0 Å². The van der Waals surface area contributed by atoms with Gasteiger partial charge in [0.15, 0.2) is 0 Å². The molecule has 0 bridgehead atoms. The summed E-state index contributed by atoms with van der Waals surface area (Å²) in [6.45, 7) is 12.8. The van der Waals surface area contributed by atoms with Gasteiger partial charge in [-0.2, -0.15) is 0 Å². The van der Waals surface area contributed by atoms with Crippen LogP contribution in [0.1, 0.15) is 43.0 Å². The molecule has 0 aliphatic heterocycles. The second-order valence-corrected chi connectivity index (χ2v) is 5.93. The highest BCUT2D eigenvalue weighted by Crippen LogP contribution is 2.39. The predicted octanol–water partition coefficient (Wildman–Crippen LogP) is 4.63. The third-order valence-electron chi connectivity index (χ3n) is 3.67. The molecular formula is C17H22O. The molecular weight excluding hydrogens is 220 g/mol. The van der Waals surface area contributed by atoms with E-state index in [1.807, 2.05) is 6.92 Å². The summed E-state index contributed by atoms with van der Waals surface area (Å²) < 4.78 is 5.54. The summed E-state index contributed by atoms with van der Waals surface area (Å²) in [7, 11) is 1.73. The molecule has 0 saturated carbocycles. The second kappa shape index (κ2) is 4.31. The van der Waals surface area contributed by atoms with Crippen molar-refractivity contribution in [1.29, 1.82) is 0 Å². The standard InChI is InChI=1S/C17H22O/c1-11(2)16-12(3)14-7-8-17(4,5)10-13(14)9-15(16)18-6/h7-9H,1,10H2,2-6H3. The van der Waals surface area contributed by atoms with E-state index in [1.54, 1.807) is 7.11 Å². The van der Waals surface area contributed by atoms with Gasteiger partial charge in [-0.1, -0.05) is 32.6 Å². The largest absolute Gasteiger partial charge is 0.496 e. The Labute approximate surface area is 110 Å². The Morgan fingerprint density at radius 3 is 2.61 bits per heavy atom. The highest BCUT2D eigenvalue weighted by Gasteiger charge is 2.24. The van der Waals surface area contributed by atoms with Gasteiger partial charge in [-0.05, 0) is 54.0 Å². The molecule has 0 amide bonds. The summed E-state index contributed by atoms with van der Waals surface area (Å²) in [4.78, 5) is 0. The average Bonchev–Trinajstić information content (AvgIpc) is 2.26. The normalized spacial score (nSPS) is 16.3. The average molecular weight is 242 g/mol. The van der Waals surface area contributed by atoms with E-state index < -0.39 is 0 Å². The van der Waals surface area contributed by atoms with Crippen molar-refractivity contribution in [3.63, 3.8) is 0 Å². The van der Waals surface area contributed by atoms with Gasteiger partial charge in [-0.3, -0.25) is 0 Å². The Morgan fingerprint density at radius 1 is 1.39 bits per heavy atom. The molecule has 1 aromatic rings. The SMILES string of the molecule is C=C(C)c1c(OC)cc2c(c1C)C=CC(C)(C)C2. The van der Waals surface area contributed by atoms with Crippen LogP contribution in [0.25, 0.3) is 11.6 Å². The van der Waals surface area contributed by atoms with Crippen molar-refractivity contribution in [2.45, 2.75) is 34.1 Å². The number of rotatable bonds is 2. The maximum absolute atomic E-state index is 5.54. The van der Waals surface area contributed by atoms with Crippen LogP contribution in [0.4, 0.5) is 0 Å². The van der Waals surface area contributed by atoms with Crippen LogP contribution >= 0.6 is 0 Å². The van der Waals surface area contributed by atoms with Gasteiger partial charge in [0.25, 0.3) is 0 Å². The van der Waals surface area contributed by atoms with E-state index in [2.05, 4.69) is 45.6 Å². The van der Waals surface area contributed by atoms with E-state index in [1.165, 1.54) is 16.7 Å². The molecule has 0 atom stereocenters. The highest BCUT2D eigenvalue weighted by molar-refractivity contribution is 5.76. The lowest BCUT2D eigenvalue weighted by Gasteiger charge is -2.28. The molecule has 1 aliphatic carbocycles. The molecule has 0 unspecified atom stereocenters. The summed E-state index contributed by atoms with van der Waals surface area (Å²) in [5.41, 5.74) is 6.44. The van der Waals surface area contributed by atoms with Crippen LogP contribution in [0, 0.1) is 12.3 Å². The molecule has 1 nitrogen and oxygen atoms in total. The molecule has 1 heteroatoms. The van der Waals surface area contributed by atoms with Crippen molar-refractivity contribution < 1.29 is 4.74 Å². The van der Waals surface area contributed by atoms with Crippen LogP contribution in [0.2, 0.25) is 0 Å². The summed E-state index contributed by atoms with van der Waals surface area (Å²) in [5.74, 6) is 0.949. The summed E-state index contributed by atoms with van der Waals surface area (Å²) in [6, 6.07) is 2.18. The molecule has 0 N–H and O–H groups in total. The lowest BCUT2D eigenvalue weighted by Crippen LogP contribution is -2.17. The first-order valence-corrected chi connectivity index (χ1v) is 6.41. The maximum Gasteiger partial charge on any atom is 0.126 e. The minimum absolute atomic E-state index is 0.231. The molecule has 1 aromatic carbocycles. The molecule has 0 radical (unpaired) electrons. The van der Waals surface area contributed by atoms with Crippen LogP contribution in [-0.4, -0.2) is 7.11 Å². The molecule has 0 spiro atoms. The lowest BCUT2D eigenvalue weighted by molar-refractivity contribution is 0.410. The number of hydrogen-bond donors (Lipinski definition) is 0. The molecule has 2 rings (SSSR count). The summed E-state index contributed by atoms with van der Waals surface area (Å²) >= 11 is 0. The van der Waals surface area contributed by atoms with Crippen LogP contribution in [0.15, 0.2) is 18.7 Å². The van der Waals surface area contributed by atoms with Crippen LogP contribution in [0.3, 0.4) is 0 Å². The zero-order chi connectivity index (χ0) is 13.5. The Kier molecular flexibility index (Phi) is 3.10. The molecule has 0 saturated heterocycles. The lowest BCUT2D eigenvalue weighted by atomic mass is 9.77. The molecule has 0 aromatic heterocycles. The van der Waals surface area contributed by atoms with Crippen molar-refractivity contribution in [3.05, 3.63) is 41.0 Å². The zero-order valence-corrected chi connectivity index (χ0v) is 12.1. The maximum atomic E-state index is 5.54. The minimum atomic E-state index is 0.231. The molecule has 0 heterocycles. The fraction of sp³-hybridized carbons (Fsp3) is 0.412. The van der Waals surface area contributed by atoms with Crippen LogP contribution in [-0.2, 0) is 6.42 Å². The first-order valence-electron chi connectivity index (χ1n) is 6.41. The van der Waals surface area contributed by atoms with Gasteiger partial charge in [-0.15, -0.1) is 0 Å². The van der Waals surface area contributed by atoms with E-state index in [9.17, 15) is 0 Å². The Balaban J connectivity index is 2.68. The van der Waals surface area contributed by atoms with Gasteiger partial charge < -0.3 is 4.74 Å².